The molecular formula is C21H22ClN3O2. The van der Waals surface area contributed by atoms with Gasteiger partial charge in [0.25, 0.3) is 0 Å². The fourth-order valence-corrected chi connectivity index (χ4v) is 3.77. The van der Waals surface area contributed by atoms with Gasteiger partial charge in [-0.3, -0.25) is 9.78 Å². The topological polar surface area (TPSA) is 58.2 Å². The molecule has 1 aliphatic rings. The van der Waals surface area contributed by atoms with Crippen molar-refractivity contribution >= 4 is 28.4 Å². The summed E-state index contributed by atoms with van der Waals surface area (Å²) in [5.41, 5.74) is 4.11. The number of hydrogen-bond donors (Lipinski definition) is 1. The fourth-order valence-electron chi connectivity index (χ4n) is 3.60. The highest BCUT2D eigenvalue weighted by molar-refractivity contribution is 6.31. The zero-order chi connectivity index (χ0) is 18.6. The molecule has 3 heterocycles. The molecule has 0 bridgehead atoms. The minimum Gasteiger partial charge on any atom is -0.378 e. The first kappa shape index (κ1) is 18.0. The molecular weight excluding hydrogens is 362 g/mol. The summed E-state index contributed by atoms with van der Waals surface area (Å²) in [5.74, 6) is 0.204. The van der Waals surface area contributed by atoms with Gasteiger partial charge in [0, 0.05) is 41.6 Å². The quantitative estimate of drug-likeness (QED) is 0.722. The Kier molecular flexibility index (Phi) is 5.41. The molecule has 5 nitrogen and oxygen atoms in total. The van der Waals surface area contributed by atoms with Gasteiger partial charge >= 0.3 is 0 Å². The standard InChI is InChI=1S/C21H22ClN3O2/c22-15-7-8-18-17(14-15)16(21(24-18)19-5-1-2-9-23-19)4-3-6-20(26)25-10-12-27-13-11-25/h1-2,5,7-9,14,24H,3-4,6,10-13H2. The lowest BCUT2D eigenvalue weighted by atomic mass is 10.0. The molecule has 140 valence electrons. The Morgan fingerprint density at radius 3 is 2.85 bits per heavy atom. The number of carbonyl (C=O) groups excluding carboxylic acids is 1. The van der Waals surface area contributed by atoms with Gasteiger partial charge in [0.05, 0.1) is 24.6 Å². The summed E-state index contributed by atoms with van der Waals surface area (Å²) in [5, 5.41) is 1.81. The molecule has 0 radical (unpaired) electrons. The van der Waals surface area contributed by atoms with E-state index in [-0.39, 0.29) is 5.91 Å². The zero-order valence-corrected chi connectivity index (χ0v) is 15.8. The average molecular weight is 384 g/mol. The highest BCUT2D eigenvalue weighted by Gasteiger charge is 2.18. The molecule has 0 aliphatic carbocycles. The van der Waals surface area contributed by atoms with Gasteiger partial charge in [0.1, 0.15) is 0 Å². The largest absolute Gasteiger partial charge is 0.378 e. The Labute approximate surface area is 163 Å². The molecule has 1 saturated heterocycles. The van der Waals surface area contributed by atoms with E-state index in [4.69, 9.17) is 16.3 Å². The van der Waals surface area contributed by atoms with Crippen LogP contribution in [0.4, 0.5) is 0 Å². The molecule has 0 saturated carbocycles. The Hall–Kier alpha value is -2.37. The molecule has 4 rings (SSSR count). The molecule has 6 heteroatoms. The van der Waals surface area contributed by atoms with Crippen molar-refractivity contribution in [2.45, 2.75) is 19.3 Å². The highest BCUT2D eigenvalue weighted by atomic mass is 35.5. The molecule has 0 unspecified atom stereocenters. The molecule has 1 amide bonds. The number of aromatic nitrogens is 2. The number of rotatable bonds is 5. The maximum Gasteiger partial charge on any atom is 0.222 e. The van der Waals surface area contributed by atoms with Crippen LogP contribution in [0.3, 0.4) is 0 Å². The van der Waals surface area contributed by atoms with Gasteiger partial charge in [0.15, 0.2) is 0 Å². The predicted octanol–water partition coefficient (Wildman–Crippen LogP) is 4.06. The monoisotopic (exact) mass is 383 g/mol. The van der Waals surface area contributed by atoms with Crippen molar-refractivity contribution in [3.63, 3.8) is 0 Å². The molecule has 1 N–H and O–H groups in total. The van der Waals surface area contributed by atoms with Crippen molar-refractivity contribution in [1.29, 1.82) is 0 Å². The zero-order valence-electron chi connectivity index (χ0n) is 15.1. The first-order valence-corrected chi connectivity index (χ1v) is 9.67. The number of fused-ring (bicyclic) bond motifs is 1. The third-order valence-electron chi connectivity index (χ3n) is 4.97. The van der Waals surface area contributed by atoms with E-state index >= 15 is 0 Å². The number of H-pyrrole nitrogens is 1. The lowest BCUT2D eigenvalue weighted by molar-refractivity contribution is -0.135. The van der Waals surface area contributed by atoms with Gasteiger partial charge in [0.2, 0.25) is 5.91 Å². The van der Waals surface area contributed by atoms with Crippen molar-refractivity contribution < 1.29 is 9.53 Å². The summed E-state index contributed by atoms with van der Waals surface area (Å²) in [4.78, 5) is 22.3. The number of hydrogen-bond acceptors (Lipinski definition) is 3. The Morgan fingerprint density at radius 1 is 1.22 bits per heavy atom. The minimum atomic E-state index is 0.204. The molecule has 0 atom stereocenters. The summed E-state index contributed by atoms with van der Waals surface area (Å²) < 4.78 is 5.32. The summed E-state index contributed by atoms with van der Waals surface area (Å²) in [6.07, 6.45) is 3.91. The molecule has 27 heavy (non-hydrogen) atoms. The number of pyridine rings is 1. The van der Waals surface area contributed by atoms with Gasteiger partial charge in [-0.15, -0.1) is 0 Å². The second-order valence-corrected chi connectivity index (χ2v) is 7.17. The summed E-state index contributed by atoms with van der Waals surface area (Å²) in [7, 11) is 0. The van der Waals surface area contributed by atoms with E-state index in [0.29, 0.717) is 37.7 Å². The van der Waals surface area contributed by atoms with Crippen LogP contribution in [0.15, 0.2) is 42.6 Å². The Bertz CT molecular complexity index is 933. The highest BCUT2D eigenvalue weighted by Crippen LogP contribution is 2.32. The maximum atomic E-state index is 12.4. The minimum absolute atomic E-state index is 0.204. The maximum absolute atomic E-state index is 12.4. The number of morpholine rings is 1. The van der Waals surface area contributed by atoms with E-state index < -0.39 is 0 Å². The average Bonchev–Trinajstić information content (AvgIpc) is 3.07. The van der Waals surface area contributed by atoms with Crippen LogP contribution < -0.4 is 0 Å². The fraction of sp³-hybridized carbons (Fsp3) is 0.333. The van der Waals surface area contributed by atoms with E-state index in [1.807, 2.05) is 41.3 Å². The number of ether oxygens (including phenoxy) is 1. The lowest BCUT2D eigenvalue weighted by Crippen LogP contribution is -2.40. The van der Waals surface area contributed by atoms with E-state index in [1.54, 1.807) is 6.20 Å². The van der Waals surface area contributed by atoms with Crippen LogP contribution in [0.2, 0.25) is 5.02 Å². The SMILES string of the molecule is O=C(CCCc1c(-c2ccccn2)[nH]c2ccc(Cl)cc12)N1CCOCC1. The number of aryl methyl sites for hydroxylation is 1. The number of carbonyl (C=O) groups is 1. The van der Waals surface area contributed by atoms with Crippen molar-refractivity contribution in [1.82, 2.24) is 14.9 Å². The van der Waals surface area contributed by atoms with Gasteiger partial charge in [-0.05, 0) is 48.7 Å². The Morgan fingerprint density at radius 2 is 2.07 bits per heavy atom. The second-order valence-electron chi connectivity index (χ2n) is 6.73. The smallest absolute Gasteiger partial charge is 0.222 e. The molecule has 1 fully saturated rings. The van der Waals surface area contributed by atoms with Gasteiger partial charge < -0.3 is 14.6 Å². The van der Waals surface area contributed by atoms with Crippen LogP contribution in [0, 0.1) is 0 Å². The summed E-state index contributed by atoms with van der Waals surface area (Å²) in [6, 6.07) is 11.7. The number of amides is 1. The van der Waals surface area contributed by atoms with Crippen LogP contribution in [0.5, 0.6) is 0 Å². The van der Waals surface area contributed by atoms with Crippen molar-refractivity contribution in [2.24, 2.45) is 0 Å². The summed E-state index contributed by atoms with van der Waals surface area (Å²) in [6.45, 7) is 2.66. The molecule has 1 aliphatic heterocycles. The van der Waals surface area contributed by atoms with E-state index in [0.717, 1.165) is 35.1 Å². The molecule has 3 aromatic rings. The van der Waals surface area contributed by atoms with E-state index in [1.165, 1.54) is 5.56 Å². The van der Waals surface area contributed by atoms with Crippen LogP contribution >= 0.6 is 11.6 Å². The van der Waals surface area contributed by atoms with Crippen LogP contribution in [0.25, 0.3) is 22.3 Å². The van der Waals surface area contributed by atoms with E-state index in [2.05, 4.69) is 9.97 Å². The van der Waals surface area contributed by atoms with Gasteiger partial charge in [-0.25, -0.2) is 0 Å². The van der Waals surface area contributed by atoms with Crippen LogP contribution in [0.1, 0.15) is 18.4 Å². The third-order valence-corrected chi connectivity index (χ3v) is 5.21. The number of benzene rings is 1. The molecule has 0 spiro atoms. The number of nitrogens with zero attached hydrogens (tertiary/aromatic N) is 2. The number of halogens is 1. The molecule has 2 aromatic heterocycles. The van der Waals surface area contributed by atoms with Crippen molar-refractivity contribution in [2.75, 3.05) is 26.3 Å². The van der Waals surface area contributed by atoms with Crippen molar-refractivity contribution in [3.8, 4) is 11.4 Å². The number of aromatic amines is 1. The van der Waals surface area contributed by atoms with E-state index in [9.17, 15) is 4.79 Å². The van der Waals surface area contributed by atoms with Gasteiger partial charge in [-0.2, -0.15) is 0 Å². The number of nitrogens with one attached hydrogen (secondary N) is 1. The summed E-state index contributed by atoms with van der Waals surface area (Å²) >= 11 is 6.23. The van der Waals surface area contributed by atoms with Crippen LogP contribution in [-0.4, -0.2) is 47.1 Å². The van der Waals surface area contributed by atoms with Crippen molar-refractivity contribution in [3.05, 3.63) is 53.2 Å². The van der Waals surface area contributed by atoms with Gasteiger partial charge in [-0.1, -0.05) is 17.7 Å². The lowest BCUT2D eigenvalue weighted by Gasteiger charge is -2.26. The predicted molar refractivity (Wildman–Crippen MR) is 107 cm³/mol. The normalized spacial score (nSPS) is 14.6. The first-order valence-electron chi connectivity index (χ1n) is 9.29. The Balaban J connectivity index is 1.56. The second kappa shape index (κ2) is 8.11. The first-order chi connectivity index (χ1) is 13.2. The third kappa shape index (κ3) is 3.99. The van der Waals surface area contributed by atoms with Crippen LogP contribution in [-0.2, 0) is 16.0 Å². The molecule has 1 aromatic carbocycles.